The van der Waals surface area contributed by atoms with Crippen LogP contribution in [0.4, 0.5) is 0 Å². The second-order valence-electron chi connectivity index (χ2n) is 8.62. The molecule has 1 aliphatic rings. The van der Waals surface area contributed by atoms with E-state index in [1.807, 2.05) is 62.6 Å². The van der Waals surface area contributed by atoms with Gasteiger partial charge >= 0.3 is 0 Å². The predicted molar refractivity (Wildman–Crippen MR) is 140 cm³/mol. The normalized spacial score (nSPS) is 13.8. The monoisotopic (exact) mass is 485 g/mol. The Kier molecular flexibility index (Phi) is 6.26. The third-order valence-electron chi connectivity index (χ3n) is 6.31. The van der Waals surface area contributed by atoms with Crippen molar-refractivity contribution in [2.45, 2.75) is 26.3 Å². The molecule has 0 unspecified atom stereocenters. The molecule has 2 heterocycles. The number of aromatic nitrogens is 2. The van der Waals surface area contributed by atoms with Crippen LogP contribution in [0.1, 0.15) is 43.5 Å². The molecule has 0 saturated carbocycles. The van der Waals surface area contributed by atoms with Gasteiger partial charge in [-0.25, -0.2) is 9.97 Å². The molecule has 4 aromatic rings. The summed E-state index contributed by atoms with van der Waals surface area (Å²) in [5.74, 6) is 1.39. The fourth-order valence-electron chi connectivity index (χ4n) is 4.64. The lowest BCUT2D eigenvalue weighted by atomic mass is 9.99. The highest BCUT2D eigenvalue weighted by molar-refractivity contribution is 7.11. The number of nitrogens with zero attached hydrogens (tertiary/aromatic N) is 3. The number of para-hydroxylation sites is 1. The van der Waals surface area contributed by atoms with Gasteiger partial charge in [-0.05, 0) is 60.7 Å². The summed E-state index contributed by atoms with van der Waals surface area (Å²) in [5.41, 5.74) is 5.64. The second-order valence-corrected chi connectivity index (χ2v) is 9.94. The molecule has 0 radical (unpaired) electrons. The molecule has 1 aliphatic carbocycles. The van der Waals surface area contributed by atoms with Crippen LogP contribution in [0.3, 0.4) is 0 Å². The topological polar surface area (TPSA) is 64.5 Å². The summed E-state index contributed by atoms with van der Waals surface area (Å²) >= 11 is 1.62. The van der Waals surface area contributed by atoms with Crippen molar-refractivity contribution in [2.24, 2.45) is 0 Å². The molecule has 0 bridgehead atoms. The van der Waals surface area contributed by atoms with Crippen LogP contribution in [0, 0.1) is 6.92 Å². The Morgan fingerprint density at radius 2 is 1.91 bits per heavy atom. The molecule has 178 valence electrons. The molecule has 0 saturated heterocycles. The summed E-state index contributed by atoms with van der Waals surface area (Å²) in [7, 11) is 5.12. The molecule has 35 heavy (non-hydrogen) atoms. The first-order valence-corrected chi connectivity index (χ1v) is 12.3. The van der Waals surface area contributed by atoms with E-state index in [0.717, 1.165) is 61.6 Å². The van der Waals surface area contributed by atoms with Crippen LogP contribution < -0.4 is 9.47 Å². The van der Waals surface area contributed by atoms with Crippen molar-refractivity contribution < 1.29 is 14.3 Å². The maximum atomic E-state index is 13.8. The number of carbonyl (C=O) groups excluding carboxylic acids is 1. The summed E-state index contributed by atoms with van der Waals surface area (Å²) in [6, 6.07) is 13.8. The van der Waals surface area contributed by atoms with Gasteiger partial charge in [-0.3, -0.25) is 4.79 Å². The quantitative estimate of drug-likeness (QED) is 0.347. The largest absolute Gasteiger partial charge is 0.493 e. The van der Waals surface area contributed by atoms with Gasteiger partial charge in [0.1, 0.15) is 0 Å². The number of hydrogen-bond donors (Lipinski definition) is 0. The summed E-state index contributed by atoms with van der Waals surface area (Å²) in [4.78, 5) is 26.0. The molecule has 2 aromatic carbocycles. The number of allylic oxidation sites excluding steroid dienone is 1. The van der Waals surface area contributed by atoms with E-state index in [2.05, 4.69) is 11.1 Å². The summed E-state index contributed by atoms with van der Waals surface area (Å²) in [6.45, 7) is 2.51. The second kappa shape index (κ2) is 9.50. The van der Waals surface area contributed by atoms with Crippen molar-refractivity contribution in [1.29, 1.82) is 0 Å². The first kappa shape index (κ1) is 23.1. The van der Waals surface area contributed by atoms with Gasteiger partial charge < -0.3 is 14.4 Å². The number of hydrogen-bond acceptors (Lipinski definition) is 6. The van der Waals surface area contributed by atoms with E-state index in [4.69, 9.17) is 14.5 Å². The molecule has 7 heteroatoms. The fraction of sp³-hybridized carbons (Fsp3) is 0.250. The number of ether oxygens (including phenoxy) is 2. The Labute approximate surface area is 208 Å². The van der Waals surface area contributed by atoms with E-state index in [1.165, 1.54) is 0 Å². The first-order chi connectivity index (χ1) is 17.0. The lowest BCUT2D eigenvalue weighted by Gasteiger charge is -2.19. The number of pyridine rings is 1. The Hall–Kier alpha value is -3.71. The lowest BCUT2D eigenvalue weighted by molar-refractivity contribution is 0.0787. The Bertz CT molecular complexity index is 1460. The number of benzene rings is 2. The van der Waals surface area contributed by atoms with E-state index in [-0.39, 0.29) is 5.91 Å². The molecule has 0 atom stereocenters. The number of aryl methyl sites for hydroxylation is 1. The Morgan fingerprint density at radius 3 is 2.66 bits per heavy atom. The molecular formula is C28H27N3O3S. The maximum absolute atomic E-state index is 13.8. The first-order valence-electron chi connectivity index (χ1n) is 11.5. The molecular weight excluding hydrogens is 458 g/mol. The fourth-order valence-corrected chi connectivity index (χ4v) is 5.49. The van der Waals surface area contributed by atoms with Gasteiger partial charge in [-0.2, -0.15) is 0 Å². The number of thiazole rings is 1. The molecule has 0 fully saturated rings. The van der Waals surface area contributed by atoms with Crippen molar-refractivity contribution in [3.63, 3.8) is 0 Å². The van der Waals surface area contributed by atoms with Crippen LogP contribution >= 0.6 is 11.3 Å². The zero-order valence-electron chi connectivity index (χ0n) is 20.3. The average Bonchev–Trinajstić information content (AvgIpc) is 3.47. The highest BCUT2D eigenvalue weighted by atomic mass is 32.1. The SMILES string of the molecule is COc1ccc(/C=C2/CCc3c2nc2ccccc2c3C(=O)N(C)Cc2cnc(C)s2)cc1OC. The number of rotatable bonds is 6. The van der Waals surface area contributed by atoms with Crippen molar-refractivity contribution in [3.05, 3.63) is 80.9 Å². The molecule has 0 aliphatic heterocycles. The smallest absolute Gasteiger partial charge is 0.254 e. The lowest BCUT2D eigenvalue weighted by Crippen LogP contribution is -2.27. The Balaban J connectivity index is 1.57. The maximum Gasteiger partial charge on any atom is 0.254 e. The molecule has 1 amide bonds. The van der Waals surface area contributed by atoms with E-state index in [9.17, 15) is 4.79 Å². The van der Waals surface area contributed by atoms with Gasteiger partial charge in [0.25, 0.3) is 5.91 Å². The minimum Gasteiger partial charge on any atom is -0.493 e. The van der Waals surface area contributed by atoms with Gasteiger partial charge in [0.05, 0.1) is 42.5 Å². The molecule has 6 nitrogen and oxygen atoms in total. The minimum atomic E-state index is 0.0123. The highest BCUT2D eigenvalue weighted by Crippen LogP contribution is 2.39. The average molecular weight is 486 g/mol. The molecule has 5 rings (SSSR count). The van der Waals surface area contributed by atoms with Crippen molar-refractivity contribution >= 4 is 39.8 Å². The van der Waals surface area contributed by atoms with Crippen molar-refractivity contribution in [3.8, 4) is 11.5 Å². The van der Waals surface area contributed by atoms with E-state index in [0.29, 0.717) is 18.0 Å². The zero-order valence-corrected chi connectivity index (χ0v) is 21.1. The van der Waals surface area contributed by atoms with Crippen LogP contribution in [0.25, 0.3) is 22.6 Å². The summed E-state index contributed by atoms with van der Waals surface area (Å²) in [6.07, 6.45) is 5.59. The van der Waals surface area contributed by atoms with Crippen LogP contribution in [-0.2, 0) is 13.0 Å². The van der Waals surface area contributed by atoms with Gasteiger partial charge in [0.15, 0.2) is 11.5 Å². The Morgan fingerprint density at radius 1 is 1.11 bits per heavy atom. The van der Waals surface area contributed by atoms with Crippen LogP contribution in [0.15, 0.2) is 48.7 Å². The van der Waals surface area contributed by atoms with E-state index >= 15 is 0 Å². The number of carbonyl (C=O) groups is 1. The van der Waals surface area contributed by atoms with E-state index in [1.54, 1.807) is 30.5 Å². The zero-order chi connectivity index (χ0) is 24.5. The molecule has 2 aromatic heterocycles. The van der Waals surface area contributed by atoms with Gasteiger partial charge in [-0.15, -0.1) is 11.3 Å². The third kappa shape index (κ3) is 4.39. The standard InChI is InChI=1S/C28H27N3O3S/c1-17-29-15-20(35-17)16-31(2)28(32)26-21-7-5-6-8-23(21)30-27-19(10-11-22(26)27)13-18-9-12-24(33-3)25(14-18)34-4/h5-9,12-15H,10-11,16H2,1-4H3/b19-13-. The van der Waals surface area contributed by atoms with Gasteiger partial charge in [0, 0.05) is 23.5 Å². The van der Waals surface area contributed by atoms with Gasteiger partial charge in [0.2, 0.25) is 0 Å². The van der Waals surface area contributed by atoms with Crippen LogP contribution in [0.5, 0.6) is 11.5 Å². The molecule has 0 N–H and O–H groups in total. The van der Waals surface area contributed by atoms with Crippen LogP contribution in [0.2, 0.25) is 0 Å². The van der Waals surface area contributed by atoms with E-state index < -0.39 is 0 Å². The number of methoxy groups -OCH3 is 2. The summed E-state index contributed by atoms with van der Waals surface area (Å²) < 4.78 is 10.8. The van der Waals surface area contributed by atoms with Crippen LogP contribution in [-0.4, -0.2) is 42.0 Å². The van der Waals surface area contributed by atoms with Gasteiger partial charge in [-0.1, -0.05) is 24.3 Å². The summed E-state index contributed by atoms with van der Waals surface area (Å²) in [5, 5.41) is 1.90. The van der Waals surface area contributed by atoms with Crippen molar-refractivity contribution in [1.82, 2.24) is 14.9 Å². The molecule has 0 spiro atoms. The third-order valence-corrected chi connectivity index (χ3v) is 7.21. The minimum absolute atomic E-state index is 0.0123. The van der Waals surface area contributed by atoms with Crippen molar-refractivity contribution in [2.75, 3.05) is 21.3 Å². The number of fused-ring (bicyclic) bond motifs is 2. The number of amides is 1. The highest BCUT2D eigenvalue weighted by Gasteiger charge is 2.28. The predicted octanol–water partition coefficient (Wildman–Crippen LogP) is 5.78.